The molecule has 0 fully saturated rings. The molecule has 2 radical (unpaired) electrons. The Hall–Kier alpha value is -0.750. The van der Waals surface area contributed by atoms with Crippen LogP contribution in [0, 0.1) is 10.1 Å². The zero-order valence-electron chi connectivity index (χ0n) is 17.7. The number of carbonyl (C=O) groups is 2. The fraction of sp³-hybridized carbons (Fsp3) is 0.0476. The van der Waals surface area contributed by atoms with Crippen molar-refractivity contribution in [3.8, 4) is 0 Å². The summed E-state index contributed by atoms with van der Waals surface area (Å²) in [6.45, 7) is 0. The van der Waals surface area contributed by atoms with Crippen molar-refractivity contribution < 1.29 is 19.2 Å². The fourth-order valence-electron chi connectivity index (χ4n) is 2.22. The quantitative estimate of drug-likeness (QED) is 0.129. The van der Waals surface area contributed by atoms with Gasteiger partial charge >= 0.3 is 5.97 Å². The van der Waals surface area contributed by atoms with Gasteiger partial charge in [0.25, 0.3) is 5.69 Å². The molecule has 32 heavy (non-hydrogen) atoms. The molecule has 0 aliphatic rings. The van der Waals surface area contributed by atoms with Crippen molar-refractivity contribution in [2.24, 2.45) is 0 Å². The molecule has 0 aromatic heterocycles. The van der Waals surface area contributed by atoms with E-state index in [0.29, 0.717) is 11.8 Å². The smallest absolute Gasteiger partial charge is 0.337 e. The number of hydrogen-bond donors (Lipinski definition) is 2. The minimum atomic E-state index is -0.574. The van der Waals surface area contributed by atoms with Gasteiger partial charge in [0.2, 0.25) is 0 Å². The van der Waals surface area contributed by atoms with Crippen molar-refractivity contribution in [3.63, 3.8) is 0 Å². The zero-order valence-corrected chi connectivity index (χ0v) is 24.3. The van der Waals surface area contributed by atoms with E-state index in [0.717, 1.165) is 14.7 Å². The number of rotatable bonds is 5. The number of benzene rings is 3. The molecule has 0 N–H and O–H groups in total. The Morgan fingerprint density at radius 3 is 2.19 bits per heavy atom. The topological polar surface area (TPSA) is 86.5 Å². The predicted molar refractivity (Wildman–Crippen MR) is 133 cm³/mol. The second-order valence-electron chi connectivity index (χ2n) is 5.71. The molecule has 0 amide bonds. The summed E-state index contributed by atoms with van der Waals surface area (Å²) in [6.07, 6.45) is 0.556. The Bertz CT molecular complexity index is 1070. The summed E-state index contributed by atoms with van der Waals surface area (Å²) >= 11 is 9.84. The van der Waals surface area contributed by atoms with Crippen molar-refractivity contribution in [2.45, 2.75) is 19.6 Å². The van der Waals surface area contributed by atoms with E-state index in [-0.39, 0.29) is 81.2 Å². The minimum absolute atomic E-state index is 0. The van der Waals surface area contributed by atoms with Crippen LogP contribution in [0.3, 0.4) is 0 Å². The molecule has 0 atom stereocenters. The van der Waals surface area contributed by atoms with Gasteiger partial charge in [-0.3, -0.25) is 14.9 Å². The summed E-state index contributed by atoms with van der Waals surface area (Å²) in [5.74, 6) is -0.335. The molecule has 3 rings (SSSR count). The number of thiol groups is 2. The van der Waals surface area contributed by atoms with Gasteiger partial charge in [0.15, 0.2) is 0 Å². The molecular formula is C21H17NNa2O5S3. The van der Waals surface area contributed by atoms with E-state index in [1.807, 2.05) is 30.3 Å². The first-order valence-corrected chi connectivity index (χ1v) is 10.1. The number of nitrogens with zero attached hydrogens (tertiary/aromatic N) is 1. The van der Waals surface area contributed by atoms with Crippen LogP contribution in [0.25, 0.3) is 0 Å². The summed E-state index contributed by atoms with van der Waals surface area (Å²) in [6, 6.07) is 19.4. The average Bonchev–Trinajstić information content (AvgIpc) is 2.76. The van der Waals surface area contributed by atoms with Crippen molar-refractivity contribution in [1.82, 2.24) is 0 Å². The van der Waals surface area contributed by atoms with E-state index >= 15 is 0 Å². The molecule has 0 aliphatic carbocycles. The third-order valence-electron chi connectivity index (χ3n) is 3.68. The van der Waals surface area contributed by atoms with Crippen LogP contribution in [0.4, 0.5) is 5.69 Å². The van der Waals surface area contributed by atoms with Crippen LogP contribution in [-0.4, -0.2) is 83.4 Å². The molecule has 11 heteroatoms. The SMILES string of the molecule is COC(=O)c1ccc(S)c(Sc2ccccc2)c1.O=Cc1ccc(S)c([N+](=O)[O-])c1.[Na].[Na]. The van der Waals surface area contributed by atoms with Crippen LogP contribution in [0.2, 0.25) is 0 Å². The third-order valence-corrected chi connectivity index (χ3v) is 5.67. The molecule has 0 aliphatic heterocycles. The van der Waals surface area contributed by atoms with Crippen LogP contribution >= 0.6 is 37.0 Å². The zero-order chi connectivity index (χ0) is 22.1. The fourth-order valence-corrected chi connectivity index (χ4v) is 3.62. The second-order valence-corrected chi connectivity index (χ2v) is 7.79. The first-order valence-electron chi connectivity index (χ1n) is 8.42. The van der Waals surface area contributed by atoms with Gasteiger partial charge in [0.1, 0.15) is 6.29 Å². The maximum atomic E-state index is 11.5. The van der Waals surface area contributed by atoms with Gasteiger partial charge in [-0.1, -0.05) is 36.0 Å². The molecule has 0 saturated carbocycles. The minimum Gasteiger partial charge on any atom is -0.465 e. The number of nitro groups is 1. The van der Waals surface area contributed by atoms with Crippen molar-refractivity contribution in [3.05, 3.63) is 88.0 Å². The van der Waals surface area contributed by atoms with Crippen LogP contribution in [0.5, 0.6) is 0 Å². The predicted octanol–water partition coefficient (Wildman–Crippen LogP) is 4.85. The molecule has 0 heterocycles. The molecule has 156 valence electrons. The van der Waals surface area contributed by atoms with Gasteiger partial charge in [0, 0.05) is 85.4 Å². The molecule has 3 aromatic rings. The first kappa shape index (κ1) is 31.2. The number of esters is 1. The van der Waals surface area contributed by atoms with Gasteiger partial charge in [-0.2, -0.15) is 0 Å². The van der Waals surface area contributed by atoms with Crippen LogP contribution < -0.4 is 0 Å². The molecule has 0 unspecified atom stereocenters. The van der Waals surface area contributed by atoms with Gasteiger partial charge in [-0.15, -0.1) is 25.3 Å². The van der Waals surface area contributed by atoms with Gasteiger partial charge in [0.05, 0.1) is 22.5 Å². The standard InChI is InChI=1S/C14H12O2S2.C7H5NO3S.2Na/c1-16-14(15)10-7-8-12(17)13(9-10)18-11-5-3-2-4-6-11;9-4-5-1-2-7(12)6(3-5)8(10)11;;/h2-9,17H,1H3;1-4,12H;;. The van der Waals surface area contributed by atoms with Crippen LogP contribution in [-0.2, 0) is 4.74 Å². The third kappa shape index (κ3) is 9.62. The number of aldehydes is 1. The van der Waals surface area contributed by atoms with E-state index in [4.69, 9.17) is 4.74 Å². The maximum Gasteiger partial charge on any atom is 0.337 e. The normalized spacial score (nSPS) is 9.22. The Labute approximate surface area is 245 Å². The van der Waals surface area contributed by atoms with Gasteiger partial charge in [-0.25, -0.2) is 4.79 Å². The number of hydrogen-bond acceptors (Lipinski definition) is 8. The van der Waals surface area contributed by atoms with Crippen LogP contribution in [0.15, 0.2) is 86.3 Å². The van der Waals surface area contributed by atoms with Crippen molar-refractivity contribution >= 4 is 114 Å². The van der Waals surface area contributed by atoms with E-state index < -0.39 is 4.92 Å². The van der Waals surface area contributed by atoms with Crippen molar-refractivity contribution in [2.75, 3.05) is 7.11 Å². The molecule has 6 nitrogen and oxygen atoms in total. The Balaban J connectivity index is 0.000000607. The summed E-state index contributed by atoms with van der Waals surface area (Å²) in [5.41, 5.74) is 0.663. The Morgan fingerprint density at radius 2 is 1.62 bits per heavy atom. The summed E-state index contributed by atoms with van der Waals surface area (Å²) in [4.78, 5) is 34.6. The average molecular weight is 506 g/mol. The first-order chi connectivity index (χ1) is 14.3. The largest absolute Gasteiger partial charge is 0.465 e. The van der Waals surface area contributed by atoms with E-state index in [1.165, 1.54) is 25.3 Å². The summed E-state index contributed by atoms with van der Waals surface area (Å²) < 4.78 is 4.71. The van der Waals surface area contributed by atoms with E-state index in [2.05, 4.69) is 25.3 Å². The molecular weight excluding hydrogens is 488 g/mol. The summed E-state index contributed by atoms with van der Waals surface area (Å²) in [5, 5.41) is 10.3. The van der Waals surface area contributed by atoms with E-state index in [9.17, 15) is 19.7 Å². The monoisotopic (exact) mass is 505 g/mol. The maximum absolute atomic E-state index is 11.5. The second kappa shape index (κ2) is 16.0. The Kier molecular flexibility index (Phi) is 15.6. The Morgan fingerprint density at radius 1 is 1.00 bits per heavy atom. The van der Waals surface area contributed by atoms with Crippen molar-refractivity contribution in [1.29, 1.82) is 0 Å². The molecule has 3 aromatic carbocycles. The molecule has 0 saturated heterocycles. The summed E-state index contributed by atoms with van der Waals surface area (Å²) in [7, 11) is 1.38. The number of carbonyl (C=O) groups excluding carboxylic acids is 2. The number of ether oxygens (including phenoxy) is 1. The molecule has 0 bridgehead atoms. The number of methoxy groups -OCH3 is 1. The molecule has 0 spiro atoms. The van der Waals surface area contributed by atoms with Gasteiger partial charge in [-0.05, 0) is 36.4 Å². The van der Waals surface area contributed by atoms with E-state index in [1.54, 1.807) is 30.0 Å². The van der Waals surface area contributed by atoms with Gasteiger partial charge < -0.3 is 4.74 Å². The van der Waals surface area contributed by atoms with Crippen LogP contribution in [0.1, 0.15) is 20.7 Å². The number of nitro benzene ring substituents is 1.